The minimum absolute atomic E-state index is 0.220. The highest BCUT2D eigenvalue weighted by Gasteiger charge is 2.24. The Morgan fingerprint density at radius 3 is 2.60 bits per heavy atom. The van der Waals surface area contributed by atoms with Crippen LogP contribution >= 0.6 is 0 Å². The number of nitrogens with one attached hydrogen (secondary N) is 1. The fraction of sp³-hybridized carbons (Fsp3) is 0.333. The third-order valence-corrected chi connectivity index (χ3v) is 1.82. The number of nitrogens with zero attached hydrogens (tertiary/aromatic N) is 3. The van der Waals surface area contributed by atoms with Crippen molar-refractivity contribution in [1.82, 2.24) is 9.97 Å². The molecule has 1 aromatic heterocycles. The van der Waals surface area contributed by atoms with Crippen molar-refractivity contribution in [1.29, 1.82) is 5.26 Å². The van der Waals surface area contributed by atoms with E-state index in [1.807, 2.05) is 6.07 Å². The molecule has 0 atom stereocenters. The summed E-state index contributed by atoms with van der Waals surface area (Å²) in [5, 5.41) is 11.3. The molecule has 0 saturated carbocycles. The van der Waals surface area contributed by atoms with Gasteiger partial charge >= 0.3 is 0 Å². The number of hydrogen-bond acceptors (Lipinski definition) is 5. The molecule has 0 spiro atoms. The zero-order valence-electron chi connectivity index (χ0n) is 8.48. The van der Waals surface area contributed by atoms with Gasteiger partial charge in [-0.25, -0.2) is 9.97 Å². The smallest absolute Gasteiger partial charge is 0.242 e. The Bertz CT molecular complexity index is 404. The molecule has 0 fully saturated rings. The van der Waals surface area contributed by atoms with Crippen LogP contribution in [0.2, 0.25) is 0 Å². The number of carbonyl (C=O) groups is 1. The summed E-state index contributed by atoms with van der Waals surface area (Å²) in [5.41, 5.74) is 4.49. The number of nitrogens with two attached hydrogens (primary N) is 1. The van der Waals surface area contributed by atoms with E-state index < -0.39 is 11.4 Å². The summed E-state index contributed by atoms with van der Waals surface area (Å²) in [7, 11) is 0. The highest BCUT2D eigenvalue weighted by Crippen LogP contribution is 2.10. The Balaban J connectivity index is 2.83. The molecular formula is C9H11N5O. The number of nitriles is 1. The number of amides is 1. The highest BCUT2D eigenvalue weighted by molar-refractivity contribution is 5.86. The monoisotopic (exact) mass is 205 g/mol. The molecule has 0 saturated heterocycles. The Hall–Kier alpha value is -2.16. The number of carbonyl (C=O) groups excluding carboxylic acids is 1. The summed E-state index contributed by atoms with van der Waals surface area (Å²) in [6.45, 7) is 3.27. The van der Waals surface area contributed by atoms with Gasteiger partial charge in [-0.3, -0.25) is 4.79 Å². The SMILES string of the molecule is CC(C)(Nc1cnc(C#N)cn1)C(N)=O. The second kappa shape index (κ2) is 3.92. The van der Waals surface area contributed by atoms with E-state index in [1.54, 1.807) is 13.8 Å². The predicted molar refractivity (Wildman–Crippen MR) is 53.6 cm³/mol. The summed E-state index contributed by atoms with van der Waals surface area (Å²) in [4.78, 5) is 18.7. The Labute approximate surface area is 87.1 Å². The van der Waals surface area contributed by atoms with E-state index in [1.165, 1.54) is 12.4 Å². The van der Waals surface area contributed by atoms with Crippen LogP contribution in [0.4, 0.5) is 5.82 Å². The second-order valence-corrected chi connectivity index (χ2v) is 3.51. The number of aromatic nitrogens is 2. The van der Waals surface area contributed by atoms with Crippen LogP contribution in [0.3, 0.4) is 0 Å². The molecule has 0 unspecified atom stereocenters. The van der Waals surface area contributed by atoms with Crippen LogP contribution in [-0.2, 0) is 4.79 Å². The maximum absolute atomic E-state index is 11.0. The second-order valence-electron chi connectivity index (χ2n) is 3.51. The molecule has 78 valence electrons. The van der Waals surface area contributed by atoms with Crippen LogP contribution in [0.5, 0.6) is 0 Å². The first-order chi connectivity index (χ1) is 6.95. The van der Waals surface area contributed by atoms with Crippen molar-refractivity contribution in [3.8, 4) is 6.07 Å². The van der Waals surface area contributed by atoms with Crippen molar-refractivity contribution in [2.24, 2.45) is 5.73 Å². The molecule has 0 aliphatic heterocycles. The van der Waals surface area contributed by atoms with Crippen molar-refractivity contribution in [3.63, 3.8) is 0 Å². The van der Waals surface area contributed by atoms with Crippen molar-refractivity contribution in [2.75, 3.05) is 5.32 Å². The highest BCUT2D eigenvalue weighted by atomic mass is 16.1. The zero-order valence-corrected chi connectivity index (χ0v) is 8.48. The summed E-state index contributed by atoms with van der Waals surface area (Å²) >= 11 is 0. The Morgan fingerprint density at radius 1 is 1.53 bits per heavy atom. The molecular weight excluding hydrogens is 194 g/mol. The number of primary amides is 1. The van der Waals surface area contributed by atoms with E-state index in [4.69, 9.17) is 11.0 Å². The largest absolute Gasteiger partial charge is 0.368 e. The fourth-order valence-electron chi connectivity index (χ4n) is 0.832. The van der Waals surface area contributed by atoms with Gasteiger partial charge < -0.3 is 11.1 Å². The minimum Gasteiger partial charge on any atom is -0.368 e. The molecule has 1 aromatic rings. The summed E-state index contributed by atoms with van der Waals surface area (Å²) in [6.07, 6.45) is 2.70. The molecule has 0 aromatic carbocycles. The summed E-state index contributed by atoms with van der Waals surface area (Å²) < 4.78 is 0. The predicted octanol–water partition coefficient (Wildman–Crippen LogP) is 0.0241. The number of rotatable bonds is 3. The first-order valence-electron chi connectivity index (χ1n) is 4.26. The Morgan fingerprint density at radius 2 is 2.20 bits per heavy atom. The van der Waals surface area contributed by atoms with E-state index in [0.29, 0.717) is 5.82 Å². The van der Waals surface area contributed by atoms with Gasteiger partial charge in [0.05, 0.1) is 12.4 Å². The average molecular weight is 205 g/mol. The zero-order chi connectivity index (χ0) is 11.5. The lowest BCUT2D eigenvalue weighted by Crippen LogP contribution is -2.45. The molecule has 15 heavy (non-hydrogen) atoms. The van der Waals surface area contributed by atoms with Crippen LogP contribution in [0.15, 0.2) is 12.4 Å². The van der Waals surface area contributed by atoms with Crippen LogP contribution in [0.25, 0.3) is 0 Å². The van der Waals surface area contributed by atoms with Crippen molar-refractivity contribution in [2.45, 2.75) is 19.4 Å². The lowest BCUT2D eigenvalue weighted by atomic mass is 10.1. The molecule has 1 rings (SSSR count). The number of hydrogen-bond donors (Lipinski definition) is 2. The fourth-order valence-corrected chi connectivity index (χ4v) is 0.832. The van der Waals surface area contributed by atoms with Crippen molar-refractivity contribution >= 4 is 11.7 Å². The first kappa shape index (κ1) is 10.9. The topological polar surface area (TPSA) is 105 Å². The van der Waals surface area contributed by atoms with Crippen LogP contribution in [0, 0.1) is 11.3 Å². The summed E-state index contributed by atoms with van der Waals surface area (Å²) in [6, 6.07) is 1.85. The van der Waals surface area contributed by atoms with Crippen LogP contribution in [0.1, 0.15) is 19.5 Å². The molecule has 6 heteroatoms. The third kappa shape index (κ3) is 2.64. The molecule has 1 heterocycles. The van der Waals surface area contributed by atoms with Gasteiger partial charge in [-0.1, -0.05) is 0 Å². The van der Waals surface area contributed by atoms with Crippen molar-refractivity contribution in [3.05, 3.63) is 18.1 Å². The lowest BCUT2D eigenvalue weighted by Gasteiger charge is -2.22. The first-order valence-corrected chi connectivity index (χ1v) is 4.26. The molecule has 0 bridgehead atoms. The number of anilines is 1. The molecule has 1 amide bonds. The average Bonchev–Trinajstić information content (AvgIpc) is 2.18. The molecule has 0 aliphatic carbocycles. The quantitative estimate of drug-likeness (QED) is 0.724. The van der Waals surface area contributed by atoms with Gasteiger partial charge in [0, 0.05) is 0 Å². The van der Waals surface area contributed by atoms with Gasteiger partial charge in [-0.05, 0) is 13.8 Å². The normalized spacial score (nSPS) is 10.5. The van der Waals surface area contributed by atoms with E-state index in [2.05, 4.69) is 15.3 Å². The maximum atomic E-state index is 11.0. The molecule has 0 aliphatic rings. The third-order valence-electron chi connectivity index (χ3n) is 1.82. The van der Waals surface area contributed by atoms with Gasteiger partial charge in [-0.15, -0.1) is 0 Å². The maximum Gasteiger partial charge on any atom is 0.242 e. The van der Waals surface area contributed by atoms with E-state index in [-0.39, 0.29) is 5.69 Å². The molecule has 0 radical (unpaired) electrons. The van der Waals surface area contributed by atoms with E-state index in [0.717, 1.165) is 0 Å². The summed E-state index contributed by atoms with van der Waals surface area (Å²) in [5.74, 6) is -0.0912. The molecule has 6 nitrogen and oxygen atoms in total. The van der Waals surface area contributed by atoms with Gasteiger partial charge in [-0.2, -0.15) is 5.26 Å². The van der Waals surface area contributed by atoms with Crippen molar-refractivity contribution < 1.29 is 4.79 Å². The lowest BCUT2D eigenvalue weighted by molar-refractivity contribution is -0.121. The minimum atomic E-state index is -0.900. The van der Waals surface area contributed by atoms with Gasteiger partial charge in [0.25, 0.3) is 0 Å². The van der Waals surface area contributed by atoms with Gasteiger partial charge in [0.15, 0.2) is 5.69 Å². The molecule has 3 N–H and O–H groups in total. The van der Waals surface area contributed by atoms with Crippen LogP contribution < -0.4 is 11.1 Å². The van der Waals surface area contributed by atoms with Crippen LogP contribution in [-0.4, -0.2) is 21.4 Å². The van der Waals surface area contributed by atoms with E-state index >= 15 is 0 Å². The van der Waals surface area contributed by atoms with Gasteiger partial charge in [0.2, 0.25) is 5.91 Å². The standard InChI is InChI=1S/C9H11N5O/c1-9(2,8(11)15)14-7-5-12-6(3-10)4-13-7/h4-5H,1-2H3,(H2,11,15)(H,13,14). The van der Waals surface area contributed by atoms with Gasteiger partial charge in [0.1, 0.15) is 17.4 Å². The Kier molecular flexibility index (Phi) is 2.85. The van der Waals surface area contributed by atoms with E-state index in [9.17, 15) is 4.79 Å².